The molecule has 3 nitrogen and oxygen atoms in total. The first-order valence-corrected chi connectivity index (χ1v) is 7.56. The second-order valence-electron chi connectivity index (χ2n) is 5.07. The SMILES string of the molecule is COC(=O)c1cccc2c1CC(Nc1ccsc1C)C2. The molecular weight excluding hydrogens is 270 g/mol. The van der Waals surface area contributed by atoms with Crippen LogP contribution in [0.5, 0.6) is 0 Å². The lowest BCUT2D eigenvalue weighted by Crippen LogP contribution is -2.19. The zero-order valence-corrected chi connectivity index (χ0v) is 12.4. The van der Waals surface area contributed by atoms with E-state index in [0.29, 0.717) is 11.6 Å². The number of nitrogens with one attached hydrogen (secondary N) is 1. The first-order chi connectivity index (χ1) is 9.69. The lowest BCUT2D eigenvalue weighted by molar-refractivity contribution is 0.0599. The number of methoxy groups -OCH3 is 1. The van der Waals surface area contributed by atoms with Crippen molar-refractivity contribution in [2.75, 3.05) is 12.4 Å². The van der Waals surface area contributed by atoms with Crippen molar-refractivity contribution in [3.8, 4) is 0 Å². The van der Waals surface area contributed by atoms with Gasteiger partial charge in [-0.15, -0.1) is 11.3 Å². The molecule has 0 saturated carbocycles. The van der Waals surface area contributed by atoms with Crippen LogP contribution in [0.4, 0.5) is 5.69 Å². The number of ether oxygens (including phenoxy) is 1. The van der Waals surface area contributed by atoms with E-state index in [1.807, 2.05) is 12.1 Å². The highest BCUT2D eigenvalue weighted by molar-refractivity contribution is 7.10. The van der Waals surface area contributed by atoms with E-state index in [1.54, 1.807) is 11.3 Å². The monoisotopic (exact) mass is 287 g/mol. The van der Waals surface area contributed by atoms with E-state index in [2.05, 4.69) is 29.8 Å². The molecule has 0 radical (unpaired) electrons. The van der Waals surface area contributed by atoms with Gasteiger partial charge in [0.15, 0.2) is 0 Å². The molecule has 1 unspecified atom stereocenters. The minimum absolute atomic E-state index is 0.241. The van der Waals surface area contributed by atoms with Crippen LogP contribution < -0.4 is 5.32 Å². The van der Waals surface area contributed by atoms with Gasteiger partial charge in [-0.2, -0.15) is 0 Å². The van der Waals surface area contributed by atoms with Crippen molar-refractivity contribution >= 4 is 23.0 Å². The molecule has 0 aliphatic heterocycles. The summed E-state index contributed by atoms with van der Waals surface area (Å²) in [5.41, 5.74) is 4.28. The average Bonchev–Trinajstić information content (AvgIpc) is 3.04. The lowest BCUT2D eigenvalue weighted by Gasteiger charge is -2.13. The molecule has 0 fully saturated rings. The summed E-state index contributed by atoms with van der Waals surface area (Å²) in [4.78, 5) is 13.1. The Bertz CT molecular complexity index is 648. The van der Waals surface area contributed by atoms with E-state index in [4.69, 9.17) is 4.74 Å². The first-order valence-electron chi connectivity index (χ1n) is 6.68. The summed E-state index contributed by atoms with van der Waals surface area (Å²) < 4.78 is 4.86. The molecule has 20 heavy (non-hydrogen) atoms. The van der Waals surface area contributed by atoms with E-state index in [9.17, 15) is 4.79 Å². The molecule has 0 bridgehead atoms. The van der Waals surface area contributed by atoms with Crippen LogP contribution >= 0.6 is 11.3 Å². The lowest BCUT2D eigenvalue weighted by atomic mass is 10.0. The van der Waals surface area contributed by atoms with Crippen molar-refractivity contribution in [3.63, 3.8) is 0 Å². The molecule has 3 rings (SSSR count). The Labute approximate surface area is 122 Å². The maximum absolute atomic E-state index is 11.8. The van der Waals surface area contributed by atoms with E-state index in [-0.39, 0.29) is 5.97 Å². The summed E-state index contributed by atoms with van der Waals surface area (Å²) in [6, 6.07) is 8.35. The van der Waals surface area contributed by atoms with Crippen molar-refractivity contribution in [2.45, 2.75) is 25.8 Å². The van der Waals surface area contributed by atoms with Gasteiger partial charge in [-0.05, 0) is 48.4 Å². The summed E-state index contributed by atoms with van der Waals surface area (Å²) in [6.45, 7) is 2.12. The predicted octanol–water partition coefficient (Wildman–Crippen LogP) is 3.42. The van der Waals surface area contributed by atoms with Gasteiger partial charge in [-0.3, -0.25) is 0 Å². The highest BCUT2D eigenvalue weighted by atomic mass is 32.1. The number of esters is 1. The van der Waals surface area contributed by atoms with Crippen molar-refractivity contribution in [3.05, 3.63) is 51.2 Å². The van der Waals surface area contributed by atoms with Crippen LogP contribution in [0.2, 0.25) is 0 Å². The number of hydrogen-bond acceptors (Lipinski definition) is 4. The van der Waals surface area contributed by atoms with Crippen molar-refractivity contribution in [1.29, 1.82) is 0 Å². The second-order valence-corrected chi connectivity index (χ2v) is 6.20. The summed E-state index contributed by atoms with van der Waals surface area (Å²) in [7, 11) is 1.43. The van der Waals surface area contributed by atoms with Gasteiger partial charge in [0, 0.05) is 16.6 Å². The van der Waals surface area contributed by atoms with Gasteiger partial charge in [0.25, 0.3) is 0 Å². The van der Waals surface area contributed by atoms with Gasteiger partial charge in [0.05, 0.1) is 12.7 Å². The van der Waals surface area contributed by atoms with Gasteiger partial charge in [0.2, 0.25) is 0 Å². The predicted molar refractivity (Wildman–Crippen MR) is 81.7 cm³/mol. The fraction of sp³-hybridized carbons (Fsp3) is 0.312. The number of rotatable bonds is 3. The Morgan fingerprint density at radius 1 is 1.35 bits per heavy atom. The molecule has 1 aromatic carbocycles. The summed E-state index contributed by atoms with van der Waals surface area (Å²) in [5, 5.41) is 5.68. The molecule has 1 N–H and O–H groups in total. The number of anilines is 1. The van der Waals surface area contributed by atoms with Gasteiger partial charge in [-0.1, -0.05) is 12.1 Å². The first kappa shape index (κ1) is 13.2. The molecule has 0 amide bonds. The minimum atomic E-state index is -0.241. The summed E-state index contributed by atoms with van der Waals surface area (Å²) in [6.07, 6.45) is 1.82. The molecule has 0 spiro atoms. The molecule has 1 heterocycles. The Morgan fingerprint density at radius 2 is 2.20 bits per heavy atom. The minimum Gasteiger partial charge on any atom is -0.465 e. The van der Waals surface area contributed by atoms with Crippen molar-refractivity contribution in [1.82, 2.24) is 0 Å². The molecule has 1 aromatic heterocycles. The maximum Gasteiger partial charge on any atom is 0.338 e. The van der Waals surface area contributed by atoms with Crippen LogP contribution in [-0.4, -0.2) is 19.1 Å². The molecule has 104 valence electrons. The molecule has 1 aliphatic rings. The Kier molecular flexibility index (Phi) is 3.49. The van der Waals surface area contributed by atoms with Crippen LogP contribution in [-0.2, 0) is 17.6 Å². The Hall–Kier alpha value is -1.81. The highest BCUT2D eigenvalue weighted by Crippen LogP contribution is 2.30. The number of aryl methyl sites for hydroxylation is 1. The number of hydrogen-bond donors (Lipinski definition) is 1. The van der Waals surface area contributed by atoms with Gasteiger partial charge in [-0.25, -0.2) is 4.79 Å². The Morgan fingerprint density at radius 3 is 2.90 bits per heavy atom. The maximum atomic E-state index is 11.8. The molecule has 0 saturated heterocycles. The largest absolute Gasteiger partial charge is 0.465 e. The van der Waals surface area contributed by atoms with Crippen LogP contribution in [0, 0.1) is 6.92 Å². The van der Waals surface area contributed by atoms with Gasteiger partial charge in [0.1, 0.15) is 0 Å². The van der Waals surface area contributed by atoms with Gasteiger partial charge >= 0.3 is 5.97 Å². The topological polar surface area (TPSA) is 38.3 Å². The van der Waals surface area contributed by atoms with Crippen molar-refractivity contribution in [2.24, 2.45) is 0 Å². The fourth-order valence-electron chi connectivity index (χ4n) is 2.81. The summed E-state index contributed by atoms with van der Waals surface area (Å²) >= 11 is 1.75. The normalized spacial score (nSPS) is 16.8. The van der Waals surface area contributed by atoms with E-state index >= 15 is 0 Å². The highest BCUT2D eigenvalue weighted by Gasteiger charge is 2.26. The number of benzene rings is 1. The second kappa shape index (κ2) is 5.29. The Balaban J connectivity index is 1.82. The number of carbonyl (C=O) groups is 1. The van der Waals surface area contributed by atoms with Crippen LogP contribution in [0.1, 0.15) is 26.4 Å². The number of fused-ring (bicyclic) bond motifs is 1. The molecule has 4 heteroatoms. The third-order valence-corrected chi connectivity index (χ3v) is 4.66. The molecule has 1 aliphatic carbocycles. The number of carbonyl (C=O) groups excluding carboxylic acids is 1. The number of thiophene rings is 1. The zero-order valence-electron chi connectivity index (χ0n) is 11.6. The molecule has 1 atom stereocenters. The standard InChI is InChI=1S/C16H17NO2S/c1-10-15(6-7-20-10)17-12-8-11-4-3-5-13(14(11)9-12)16(18)19-2/h3-7,12,17H,8-9H2,1-2H3. The fourth-order valence-corrected chi connectivity index (χ4v) is 3.47. The van der Waals surface area contributed by atoms with Gasteiger partial charge < -0.3 is 10.1 Å². The third kappa shape index (κ3) is 2.31. The van der Waals surface area contributed by atoms with Crippen molar-refractivity contribution < 1.29 is 9.53 Å². The summed E-state index contributed by atoms with van der Waals surface area (Å²) in [5.74, 6) is -0.241. The van der Waals surface area contributed by atoms with E-state index in [0.717, 1.165) is 18.4 Å². The molecular formula is C16H17NO2S. The third-order valence-electron chi connectivity index (χ3n) is 3.81. The van der Waals surface area contributed by atoms with Crippen LogP contribution in [0.25, 0.3) is 0 Å². The van der Waals surface area contributed by atoms with E-state index < -0.39 is 0 Å². The smallest absolute Gasteiger partial charge is 0.338 e. The quantitative estimate of drug-likeness (QED) is 0.879. The molecule has 2 aromatic rings. The van der Waals surface area contributed by atoms with Crippen LogP contribution in [0.15, 0.2) is 29.6 Å². The van der Waals surface area contributed by atoms with E-state index in [1.165, 1.54) is 23.2 Å². The average molecular weight is 287 g/mol. The zero-order chi connectivity index (χ0) is 14.1. The van der Waals surface area contributed by atoms with Crippen LogP contribution in [0.3, 0.4) is 0 Å².